The van der Waals surface area contributed by atoms with Crippen molar-refractivity contribution >= 4 is 5.91 Å². The molecule has 1 saturated heterocycles. The van der Waals surface area contributed by atoms with Crippen molar-refractivity contribution in [1.29, 1.82) is 0 Å². The van der Waals surface area contributed by atoms with Crippen molar-refractivity contribution < 1.29 is 14.3 Å². The van der Waals surface area contributed by atoms with Crippen molar-refractivity contribution in [2.75, 3.05) is 26.3 Å². The maximum Gasteiger partial charge on any atom is 0.253 e. The first-order valence-electron chi connectivity index (χ1n) is 9.51. The molecular formula is C20H32N2O3. The molecule has 140 valence electrons. The van der Waals surface area contributed by atoms with Gasteiger partial charge in [-0.05, 0) is 57.2 Å². The molecule has 0 bridgehead atoms. The lowest BCUT2D eigenvalue weighted by molar-refractivity contribution is 0.0680. The number of likely N-dealkylation sites (tertiary alicyclic amines) is 1. The summed E-state index contributed by atoms with van der Waals surface area (Å²) >= 11 is 0. The number of amides is 1. The first-order chi connectivity index (χ1) is 12.1. The molecule has 5 heteroatoms. The van der Waals surface area contributed by atoms with Gasteiger partial charge in [-0.2, -0.15) is 0 Å². The first-order valence-corrected chi connectivity index (χ1v) is 9.51. The highest BCUT2D eigenvalue weighted by atomic mass is 16.5. The highest BCUT2D eigenvalue weighted by Gasteiger charge is 2.26. The van der Waals surface area contributed by atoms with E-state index in [-0.39, 0.29) is 11.9 Å². The van der Waals surface area contributed by atoms with E-state index in [1.165, 1.54) is 0 Å². The molecule has 1 atom stereocenters. The van der Waals surface area contributed by atoms with E-state index in [0.29, 0.717) is 36.2 Å². The molecule has 1 aromatic rings. The number of nitrogens with zero attached hydrogens (tertiary/aromatic N) is 1. The van der Waals surface area contributed by atoms with Gasteiger partial charge in [-0.25, -0.2) is 0 Å². The van der Waals surface area contributed by atoms with Gasteiger partial charge >= 0.3 is 0 Å². The fourth-order valence-corrected chi connectivity index (χ4v) is 3.17. The number of ether oxygens (including phenoxy) is 2. The molecule has 2 N–H and O–H groups in total. The van der Waals surface area contributed by atoms with Crippen LogP contribution in [0.2, 0.25) is 0 Å². The van der Waals surface area contributed by atoms with Crippen LogP contribution < -0.4 is 15.2 Å². The van der Waals surface area contributed by atoms with Gasteiger partial charge in [0.05, 0.1) is 13.2 Å². The molecule has 0 spiro atoms. The number of hydrogen-bond donors (Lipinski definition) is 1. The summed E-state index contributed by atoms with van der Waals surface area (Å²) in [5.41, 5.74) is 6.64. The van der Waals surface area contributed by atoms with Crippen LogP contribution in [0.4, 0.5) is 0 Å². The summed E-state index contributed by atoms with van der Waals surface area (Å²) in [6.07, 6.45) is 4.03. The van der Waals surface area contributed by atoms with Crippen LogP contribution >= 0.6 is 0 Å². The number of carbonyl (C=O) groups is 1. The Labute approximate surface area is 151 Å². The van der Waals surface area contributed by atoms with Gasteiger partial charge in [-0.3, -0.25) is 4.79 Å². The number of rotatable bonds is 8. The summed E-state index contributed by atoms with van der Waals surface area (Å²) in [4.78, 5) is 14.7. The number of hydrogen-bond acceptors (Lipinski definition) is 4. The van der Waals surface area contributed by atoms with Gasteiger partial charge in [0.2, 0.25) is 0 Å². The lowest BCUT2D eigenvalue weighted by atomic mass is 9.90. The number of nitrogens with two attached hydrogens (primary N) is 1. The molecule has 1 aliphatic heterocycles. The lowest BCUT2D eigenvalue weighted by Crippen LogP contribution is -2.42. The Balaban J connectivity index is 2.05. The van der Waals surface area contributed by atoms with Crippen LogP contribution in [-0.4, -0.2) is 43.2 Å². The van der Waals surface area contributed by atoms with E-state index in [1.807, 2.05) is 36.9 Å². The van der Waals surface area contributed by atoms with Crippen LogP contribution in [0.5, 0.6) is 11.5 Å². The molecule has 0 radical (unpaired) electrons. The van der Waals surface area contributed by atoms with Gasteiger partial charge < -0.3 is 20.1 Å². The van der Waals surface area contributed by atoms with Crippen molar-refractivity contribution in [2.45, 2.75) is 52.5 Å². The van der Waals surface area contributed by atoms with Crippen LogP contribution in [0.1, 0.15) is 56.8 Å². The second-order valence-electron chi connectivity index (χ2n) is 6.79. The zero-order chi connectivity index (χ0) is 18.2. The Morgan fingerprint density at radius 1 is 1.24 bits per heavy atom. The van der Waals surface area contributed by atoms with Crippen LogP contribution in [0, 0.1) is 5.92 Å². The molecule has 1 amide bonds. The van der Waals surface area contributed by atoms with Crippen LogP contribution in [0.3, 0.4) is 0 Å². The van der Waals surface area contributed by atoms with Crippen molar-refractivity contribution in [2.24, 2.45) is 11.7 Å². The second-order valence-corrected chi connectivity index (χ2v) is 6.79. The van der Waals surface area contributed by atoms with E-state index in [0.717, 1.165) is 38.8 Å². The van der Waals surface area contributed by atoms with Gasteiger partial charge in [0.1, 0.15) is 0 Å². The van der Waals surface area contributed by atoms with Gasteiger partial charge in [0.15, 0.2) is 11.5 Å². The van der Waals surface area contributed by atoms with Crippen molar-refractivity contribution in [1.82, 2.24) is 4.90 Å². The number of benzene rings is 1. The predicted molar refractivity (Wildman–Crippen MR) is 100 cm³/mol. The van der Waals surface area contributed by atoms with Gasteiger partial charge in [0, 0.05) is 24.7 Å². The average molecular weight is 348 g/mol. The molecule has 2 rings (SSSR count). The Morgan fingerprint density at radius 2 is 1.96 bits per heavy atom. The van der Waals surface area contributed by atoms with E-state index < -0.39 is 0 Å². The minimum Gasteiger partial charge on any atom is -0.490 e. The second kappa shape index (κ2) is 9.66. The molecule has 5 nitrogen and oxygen atoms in total. The Hall–Kier alpha value is -1.75. The first kappa shape index (κ1) is 19.6. The summed E-state index contributed by atoms with van der Waals surface area (Å²) in [6.45, 7) is 8.85. The van der Waals surface area contributed by atoms with Crippen LogP contribution in [-0.2, 0) is 0 Å². The van der Waals surface area contributed by atoms with E-state index in [1.54, 1.807) is 0 Å². The third-order valence-electron chi connectivity index (χ3n) is 4.82. The standard InChI is InChI=1S/C20H32N2O3/c1-4-6-13-25-18-8-7-17(14-19(18)24-5-2)20(23)22-11-9-16(10-12-22)15(3)21/h7-8,14-16H,4-6,9-13,21H2,1-3H3. The Bertz CT molecular complexity index is 552. The fourth-order valence-electron chi connectivity index (χ4n) is 3.17. The van der Waals surface area contributed by atoms with E-state index in [9.17, 15) is 4.79 Å². The van der Waals surface area contributed by atoms with Gasteiger partial charge in [-0.1, -0.05) is 13.3 Å². The monoisotopic (exact) mass is 348 g/mol. The fraction of sp³-hybridized carbons (Fsp3) is 0.650. The number of unbranched alkanes of at least 4 members (excludes halogenated alkanes) is 1. The van der Waals surface area contributed by atoms with E-state index in [4.69, 9.17) is 15.2 Å². The topological polar surface area (TPSA) is 64.8 Å². The molecule has 0 aromatic heterocycles. The van der Waals surface area contributed by atoms with E-state index >= 15 is 0 Å². The third-order valence-corrected chi connectivity index (χ3v) is 4.82. The van der Waals surface area contributed by atoms with Crippen molar-refractivity contribution in [3.63, 3.8) is 0 Å². The largest absolute Gasteiger partial charge is 0.490 e. The molecule has 1 unspecified atom stereocenters. The zero-order valence-corrected chi connectivity index (χ0v) is 15.8. The predicted octanol–water partition coefficient (Wildman–Crippen LogP) is 3.46. The summed E-state index contributed by atoms with van der Waals surface area (Å²) in [5.74, 6) is 1.93. The summed E-state index contributed by atoms with van der Waals surface area (Å²) < 4.78 is 11.5. The molecule has 1 aliphatic rings. The average Bonchev–Trinajstić information content (AvgIpc) is 2.62. The molecule has 1 aromatic carbocycles. The lowest BCUT2D eigenvalue weighted by Gasteiger charge is -2.33. The SMILES string of the molecule is CCCCOc1ccc(C(=O)N2CCC(C(C)N)CC2)cc1OCC. The number of carbonyl (C=O) groups excluding carboxylic acids is 1. The summed E-state index contributed by atoms with van der Waals surface area (Å²) in [5, 5.41) is 0. The van der Waals surface area contributed by atoms with E-state index in [2.05, 4.69) is 6.92 Å². The zero-order valence-electron chi connectivity index (χ0n) is 15.8. The highest BCUT2D eigenvalue weighted by Crippen LogP contribution is 2.30. The molecular weight excluding hydrogens is 316 g/mol. The molecule has 0 aliphatic carbocycles. The van der Waals surface area contributed by atoms with Crippen molar-refractivity contribution in [3.8, 4) is 11.5 Å². The number of piperidine rings is 1. The maximum absolute atomic E-state index is 12.8. The molecule has 25 heavy (non-hydrogen) atoms. The highest BCUT2D eigenvalue weighted by molar-refractivity contribution is 5.95. The van der Waals surface area contributed by atoms with Gasteiger partial charge in [0.25, 0.3) is 5.91 Å². The van der Waals surface area contributed by atoms with Crippen LogP contribution in [0.15, 0.2) is 18.2 Å². The quantitative estimate of drug-likeness (QED) is 0.731. The Kier molecular flexibility index (Phi) is 7.56. The van der Waals surface area contributed by atoms with Crippen molar-refractivity contribution in [3.05, 3.63) is 23.8 Å². The summed E-state index contributed by atoms with van der Waals surface area (Å²) in [7, 11) is 0. The summed E-state index contributed by atoms with van der Waals surface area (Å²) in [6, 6.07) is 5.69. The smallest absolute Gasteiger partial charge is 0.253 e. The normalized spacial score (nSPS) is 16.6. The minimum atomic E-state index is 0.0594. The molecule has 1 heterocycles. The third kappa shape index (κ3) is 5.36. The van der Waals surface area contributed by atoms with Crippen LogP contribution in [0.25, 0.3) is 0 Å². The molecule has 0 saturated carbocycles. The Morgan fingerprint density at radius 3 is 2.56 bits per heavy atom. The van der Waals surface area contributed by atoms with Gasteiger partial charge in [-0.15, -0.1) is 0 Å². The minimum absolute atomic E-state index is 0.0594. The molecule has 1 fully saturated rings. The maximum atomic E-state index is 12.8.